The molecule has 1 saturated carbocycles. The average molecular weight is 419 g/mol. The molecule has 2 heterocycles. The van der Waals surface area contributed by atoms with E-state index in [9.17, 15) is 13.2 Å². The fraction of sp³-hybridized carbons (Fsp3) is 0.278. The van der Waals surface area contributed by atoms with E-state index < -0.39 is 21.8 Å². The minimum atomic E-state index is -3.73. The van der Waals surface area contributed by atoms with Crippen molar-refractivity contribution < 1.29 is 17.6 Å². The van der Waals surface area contributed by atoms with E-state index in [1.54, 1.807) is 18.2 Å². The summed E-state index contributed by atoms with van der Waals surface area (Å²) in [6, 6.07) is 3.88. The maximum atomic E-state index is 12.6. The van der Waals surface area contributed by atoms with Crippen LogP contribution in [0.5, 0.6) is 0 Å². The zero-order valence-electron chi connectivity index (χ0n) is 14.7. The molecule has 0 aliphatic heterocycles. The van der Waals surface area contributed by atoms with E-state index in [1.165, 1.54) is 18.4 Å². The van der Waals surface area contributed by atoms with E-state index in [0.717, 1.165) is 18.5 Å². The van der Waals surface area contributed by atoms with Crippen LogP contribution in [0, 0.1) is 0 Å². The van der Waals surface area contributed by atoms with Crippen LogP contribution in [0.3, 0.4) is 0 Å². The molecule has 2 aromatic heterocycles. The van der Waals surface area contributed by atoms with Crippen LogP contribution in [-0.2, 0) is 20.4 Å². The number of hydrogen-bond acceptors (Lipinski definition) is 7. The van der Waals surface area contributed by atoms with Crippen molar-refractivity contribution >= 4 is 38.6 Å². The molecule has 4 N–H and O–H groups in total. The van der Waals surface area contributed by atoms with Gasteiger partial charge in [0.15, 0.2) is 15.7 Å². The summed E-state index contributed by atoms with van der Waals surface area (Å²) in [4.78, 5) is 12.6. The molecule has 4 rings (SSSR count). The Bertz CT molecular complexity index is 1090. The highest BCUT2D eigenvalue weighted by molar-refractivity contribution is 7.94. The minimum Gasteiger partial charge on any atom is -0.468 e. The number of aromatic nitrogens is 2. The molecule has 0 spiro atoms. The number of nitrogens with one attached hydrogen (secondary N) is 2. The summed E-state index contributed by atoms with van der Waals surface area (Å²) in [5.41, 5.74) is 7.18. The lowest BCUT2D eigenvalue weighted by Crippen LogP contribution is -2.40. The lowest BCUT2D eigenvalue weighted by atomic mass is 10.00. The van der Waals surface area contributed by atoms with E-state index in [-0.39, 0.29) is 21.1 Å². The van der Waals surface area contributed by atoms with Gasteiger partial charge in [0.2, 0.25) is 0 Å². The topological polar surface area (TPSA) is 131 Å². The molecule has 2 aliphatic rings. The smallest absolute Gasteiger partial charge is 0.258 e. The number of allylic oxidation sites excluding steroid dienone is 2. The Hall–Kier alpha value is -2.56. The molecule has 1 unspecified atom stereocenters. The third kappa shape index (κ3) is 3.71. The van der Waals surface area contributed by atoms with Crippen LogP contribution >= 0.6 is 12.2 Å². The van der Waals surface area contributed by atoms with Crippen LogP contribution in [0.25, 0.3) is 0 Å². The molecule has 0 bridgehead atoms. The second-order valence-electron chi connectivity index (χ2n) is 6.77. The summed E-state index contributed by atoms with van der Waals surface area (Å²) in [5, 5.41) is 9.64. The molecule has 0 aromatic carbocycles. The molecule has 28 heavy (non-hydrogen) atoms. The van der Waals surface area contributed by atoms with Gasteiger partial charge in [-0.15, -0.1) is 0 Å². The number of amides is 1. The van der Waals surface area contributed by atoms with Crippen LogP contribution in [0.1, 0.15) is 30.2 Å². The van der Waals surface area contributed by atoms with Gasteiger partial charge in [0.1, 0.15) is 11.5 Å². The number of rotatable bonds is 6. The maximum Gasteiger partial charge on any atom is 0.258 e. The Morgan fingerprint density at radius 2 is 2.18 bits per heavy atom. The van der Waals surface area contributed by atoms with Crippen molar-refractivity contribution in [2.24, 2.45) is 5.73 Å². The summed E-state index contributed by atoms with van der Waals surface area (Å²) in [7, 11) is -3.73. The number of nitrogens with two attached hydrogens (primary N) is 1. The summed E-state index contributed by atoms with van der Waals surface area (Å²) < 4.78 is 30.4. The highest BCUT2D eigenvalue weighted by Gasteiger charge is 2.33. The van der Waals surface area contributed by atoms with Crippen LogP contribution in [0.4, 0.5) is 5.82 Å². The molecular formula is C18H18N4O4S2. The number of carbonyl (C=O) groups excluding carboxylic acids is 1. The van der Waals surface area contributed by atoms with Crippen LogP contribution in [-0.4, -0.2) is 35.4 Å². The lowest BCUT2D eigenvalue weighted by molar-refractivity contribution is -0.112. The highest BCUT2D eigenvalue weighted by atomic mass is 32.2. The van der Waals surface area contributed by atoms with Gasteiger partial charge in [0, 0.05) is 22.5 Å². The molecule has 2 aromatic rings. The summed E-state index contributed by atoms with van der Waals surface area (Å²) >= 11 is 5.28. The largest absolute Gasteiger partial charge is 0.468 e. The number of carbonyl (C=O) groups is 1. The molecule has 146 valence electrons. The van der Waals surface area contributed by atoms with Gasteiger partial charge in [-0.25, -0.2) is 8.42 Å². The zero-order chi connectivity index (χ0) is 19.9. The van der Waals surface area contributed by atoms with Crippen molar-refractivity contribution in [1.29, 1.82) is 0 Å². The molecular weight excluding hydrogens is 400 g/mol. The SMILES string of the molecule is NC1C(=S)C(C(=O)Nc2cc(C3CC3)[nH]n2)=CC=C1S(=O)(=O)Cc1ccco1. The monoisotopic (exact) mass is 418 g/mol. The van der Waals surface area contributed by atoms with Crippen LogP contribution in [0.2, 0.25) is 0 Å². The minimum absolute atomic E-state index is 0.0405. The maximum absolute atomic E-state index is 12.6. The quantitative estimate of drug-likeness (QED) is 0.611. The normalized spacial score (nSPS) is 19.9. The van der Waals surface area contributed by atoms with Gasteiger partial charge in [0.25, 0.3) is 5.91 Å². The Morgan fingerprint density at radius 1 is 1.39 bits per heavy atom. The second kappa shape index (κ2) is 7.12. The van der Waals surface area contributed by atoms with Crippen molar-refractivity contribution in [3.05, 3.63) is 58.5 Å². The van der Waals surface area contributed by atoms with Gasteiger partial charge in [0.05, 0.1) is 22.8 Å². The Morgan fingerprint density at radius 3 is 2.86 bits per heavy atom. The first kappa shape index (κ1) is 18.8. The summed E-state index contributed by atoms with van der Waals surface area (Å²) in [6.45, 7) is 0. The number of aromatic amines is 1. The number of furan rings is 1. The van der Waals surface area contributed by atoms with E-state index in [0.29, 0.717) is 17.5 Å². The first-order valence-electron chi connectivity index (χ1n) is 8.68. The average Bonchev–Trinajstić information content (AvgIpc) is 3.18. The Balaban J connectivity index is 1.53. The number of H-pyrrole nitrogens is 1. The third-order valence-electron chi connectivity index (χ3n) is 4.64. The first-order valence-corrected chi connectivity index (χ1v) is 10.7. The van der Waals surface area contributed by atoms with Crippen molar-refractivity contribution in [1.82, 2.24) is 10.2 Å². The van der Waals surface area contributed by atoms with Crippen LogP contribution < -0.4 is 11.1 Å². The molecule has 1 atom stereocenters. The Kier molecular flexibility index (Phi) is 4.77. The molecule has 10 heteroatoms. The van der Waals surface area contributed by atoms with Crippen molar-refractivity contribution in [2.45, 2.75) is 30.6 Å². The van der Waals surface area contributed by atoms with E-state index in [1.807, 2.05) is 0 Å². The molecule has 2 aliphatic carbocycles. The summed E-state index contributed by atoms with van der Waals surface area (Å²) in [6.07, 6.45) is 6.33. The van der Waals surface area contributed by atoms with E-state index >= 15 is 0 Å². The predicted molar refractivity (Wildman–Crippen MR) is 107 cm³/mol. The standard InChI is InChI=1S/C18H18N4O4S2/c19-16-14(28(24,25)9-11-2-1-7-26-11)6-5-12(17(16)27)18(23)20-15-8-13(21-22-15)10-3-4-10/h1-2,5-8,10,16H,3-4,9,19H2,(H2,20,21,22,23). The van der Waals surface area contributed by atoms with Crippen molar-refractivity contribution in [2.75, 3.05) is 5.32 Å². The fourth-order valence-corrected chi connectivity index (χ4v) is 4.83. The number of sulfone groups is 1. The van der Waals surface area contributed by atoms with E-state index in [4.69, 9.17) is 22.4 Å². The van der Waals surface area contributed by atoms with Crippen molar-refractivity contribution in [3.8, 4) is 0 Å². The fourth-order valence-electron chi connectivity index (χ4n) is 2.99. The number of hydrogen-bond donors (Lipinski definition) is 3. The van der Waals surface area contributed by atoms with Gasteiger partial charge in [-0.3, -0.25) is 9.89 Å². The van der Waals surface area contributed by atoms with Crippen LogP contribution in [0.15, 0.2) is 51.5 Å². The van der Waals surface area contributed by atoms with Gasteiger partial charge < -0.3 is 15.5 Å². The first-order chi connectivity index (χ1) is 13.3. The van der Waals surface area contributed by atoms with Gasteiger partial charge >= 0.3 is 0 Å². The molecule has 1 amide bonds. The van der Waals surface area contributed by atoms with Gasteiger partial charge in [-0.05, 0) is 37.1 Å². The Labute approximate surface area is 166 Å². The second-order valence-corrected chi connectivity index (χ2v) is 9.20. The van der Waals surface area contributed by atoms with E-state index in [2.05, 4.69) is 15.5 Å². The molecule has 1 fully saturated rings. The van der Waals surface area contributed by atoms with Gasteiger partial charge in [-0.2, -0.15) is 5.10 Å². The predicted octanol–water partition coefficient (Wildman–Crippen LogP) is 1.95. The van der Waals surface area contributed by atoms with Crippen molar-refractivity contribution in [3.63, 3.8) is 0 Å². The third-order valence-corrected chi connectivity index (χ3v) is 6.89. The molecule has 0 radical (unpaired) electrons. The molecule has 8 nitrogen and oxygen atoms in total. The lowest BCUT2D eigenvalue weighted by Gasteiger charge is -2.22. The highest BCUT2D eigenvalue weighted by Crippen LogP contribution is 2.39. The molecule has 0 saturated heterocycles. The number of thiocarbonyl (C=S) groups is 1. The number of nitrogens with zero attached hydrogens (tertiary/aromatic N) is 1. The van der Waals surface area contributed by atoms with Gasteiger partial charge in [-0.1, -0.05) is 12.2 Å². The number of anilines is 1. The zero-order valence-corrected chi connectivity index (χ0v) is 16.3. The summed E-state index contributed by atoms with van der Waals surface area (Å²) in [5.74, 6) is 0.370.